The number of hydrogen-bond acceptors (Lipinski definition) is 0. The van der Waals surface area contributed by atoms with E-state index in [0.717, 1.165) is 53.3 Å². The standard InChI is InChI=1S/C30H45NP.3CH3.Zr/c31-32(28-10-19-1-20(11-28)3-21(2-19)12-28,29-13-22-4-23(14-29)6-24(5-22)15-29)30-16-25-7-26(17-30)9-27(8-25)18-30;;;;/h19-27H,1-18H2;3*1H3;/q4*-1;+4. The second kappa shape index (κ2) is 9.06. The molecule has 12 saturated carbocycles. The minimum absolute atomic E-state index is 0. The van der Waals surface area contributed by atoms with Crippen molar-refractivity contribution in [1.29, 1.82) is 0 Å². The van der Waals surface area contributed by atoms with Crippen LogP contribution in [0.4, 0.5) is 0 Å². The van der Waals surface area contributed by atoms with Gasteiger partial charge >= 0.3 is 26.2 Å². The largest absolute Gasteiger partial charge is 4.00 e. The second-order valence-corrected chi connectivity index (χ2v) is 20.2. The van der Waals surface area contributed by atoms with Crippen LogP contribution in [0.3, 0.4) is 0 Å². The van der Waals surface area contributed by atoms with Gasteiger partial charge in [-0.05, 0) is 184 Å². The Morgan fingerprint density at radius 2 is 0.500 bits per heavy atom. The summed E-state index contributed by atoms with van der Waals surface area (Å²) in [6, 6.07) is 0. The minimum Gasteiger partial charge on any atom is -0.807 e. The summed E-state index contributed by atoms with van der Waals surface area (Å²) in [5.74, 6) is 8.96. The molecule has 36 heavy (non-hydrogen) atoms. The molecule has 0 unspecified atom stereocenters. The van der Waals surface area contributed by atoms with Gasteiger partial charge in [0.15, 0.2) is 0 Å². The van der Waals surface area contributed by atoms with Gasteiger partial charge < -0.3 is 27.4 Å². The van der Waals surface area contributed by atoms with E-state index in [1.807, 2.05) is 0 Å². The molecule has 0 aromatic heterocycles. The summed E-state index contributed by atoms with van der Waals surface area (Å²) in [5, 5.41) is 15.5. The number of nitrogens with zero attached hydrogens (tertiary/aromatic N) is 1. The van der Waals surface area contributed by atoms with Gasteiger partial charge in [-0.2, -0.15) is 0 Å². The molecule has 0 N–H and O–H groups in total. The van der Waals surface area contributed by atoms with Crippen LogP contribution in [0.15, 0.2) is 0 Å². The summed E-state index contributed by atoms with van der Waals surface area (Å²) in [6.07, 6.45) is 27.2. The first-order chi connectivity index (χ1) is 15.5. The van der Waals surface area contributed by atoms with Crippen molar-refractivity contribution in [2.45, 2.75) is 131 Å². The zero-order valence-electron chi connectivity index (χ0n) is 23.8. The van der Waals surface area contributed by atoms with Gasteiger partial charge in [-0.1, -0.05) is 0 Å². The van der Waals surface area contributed by atoms with Gasteiger partial charge in [0.1, 0.15) is 0 Å². The maximum Gasteiger partial charge on any atom is 4.00 e. The molecule has 0 aromatic rings. The Hall–Kier alpha value is 1.11. The van der Waals surface area contributed by atoms with Gasteiger partial charge in [0, 0.05) is 0 Å². The van der Waals surface area contributed by atoms with E-state index < -0.39 is 7.05 Å². The fourth-order valence-electron chi connectivity index (χ4n) is 14.9. The first kappa shape index (κ1) is 28.6. The van der Waals surface area contributed by atoms with Crippen LogP contribution in [0.2, 0.25) is 0 Å². The van der Waals surface area contributed by atoms with Crippen molar-refractivity contribution in [3.05, 3.63) is 27.4 Å². The molecule has 1 nitrogen and oxygen atoms in total. The Kier molecular flexibility index (Phi) is 7.20. The van der Waals surface area contributed by atoms with Crippen molar-refractivity contribution in [3.8, 4) is 0 Å². The normalized spacial score (nSPS) is 57.7. The van der Waals surface area contributed by atoms with Crippen LogP contribution in [0.5, 0.6) is 0 Å². The molecule has 0 amide bonds. The Labute approximate surface area is 243 Å². The van der Waals surface area contributed by atoms with Crippen LogP contribution in [-0.2, 0) is 26.2 Å². The van der Waals surface area contributed by atoms with Crippen molar-refractivity contribution in [1.82, 2.24) is 0 Å². The predicted octanol–water partition coefficient (Wildman–Crippen LogP) is 10.0. The Morgan fingerprint density at radius 1 is 0.361 bits per heavy atom. The zero-order valence-corrected chi connectivity index (χ0v) is 27.2. The molecular weight excluding hydrogens is 533 g/mol. The van der Waals surface area contributed by atoms with Gasteiger partial charge in [0.05, 0.1) is 0 Å². The monoisotopic (exact) mass is 585 g/mol. The third-order valence-electron chi connectivity index (χ3n) is 14.1. The van der Waals surface area contributed by atoms with E-state index in [2.05, 4.69) is 0 Å². The third kappa shape index (κ3) is 3.43. The molecule has 0 spiro atoms. The summed E-state index contributed by atoms with van der Waals surface area (Å²) < 4.78 is 0. The van der Waals surface area contributed by atoms with Crippen LogP contribution >= 0.6 is 7.05 Å². The van der Waals surface area contributed by atoms with E-state index >= 15 is 0 Å². The molecule has 0 atom stereocenters. The molecule has 0 aliphatic heterocycles. The fraction of sp³-hybridized carbons (Fsp3) is 0.909. The second-order valence-electron chi connectivity index (χ2n) is 16.1. The summed E-state index contributed by atoms with van der Waals surface area (Å²) in [4.78, 5) is 0. The maximum atomic E-state index is 14.2. The van der Waals surface area contributed by atoms with E-state index in [4.69, 9.17) is 0 Å². The topological polar surface area (TPSA) is 22.3 Å². The molecule has 0 saturated heterocycles. The molecular formula is C33H54NPZr. The van der Waals surface area contributed by atoms with Crippen LogP contribution in [0.25, 0.3) is 5.16 Å². The third-order valence-corrected chi connectivity index (χ3v) is 19.8. The average molecular weight is 587 g/mol. The molecule has 0 aromatic carbocycles. The van der Waals surface area contributed by atoms with Gasteiger partial charge in [-0.15, -0.1) is 0 Å². The Bertz CT molecular complexity index is 685. The van der Waals surface area contributed by atoms with E-state index in [0.29, 0.717) is 15.5 Å². The van der Waals surface area contributed by atoms with Crippen molar-refractivity contribution in [3.63, 3.8) is 0 Å². The molecule has 0 radical (unpaired) electrons. The predicted molar refractivity (Wildman–Crippen MR) is 152 cm³/mol. The zero-order chi connectivity index (χ0) is 20.9. The Morgan fingerprint density at radius 3 is 0.639 bits per heavy atom. The van der Waals surface area contributed by atoms with Gasteiger partial charge in [-0.25, -0.2) is 7.05 Å². The van der Waals surface area contributed by atoms with Crippen LogP contribution in [-0.4, -0.2) is 15.5 Å². The fourth-order valence-corrected chi connectivity index (χ4v) is 22.6. The minimum atomic E-state index is -2.07. The molecule has 12 bridgehead atoms. The molecule has 3 heteroatoms. The number of rotatable bonds is 3. The van der Waals surface area contributed by atoms with E-state index in [-0.39, 0.29) is 48.5 Å². The van der Waals surface area contributed by atoms with Crippen LogP contribution in [0, 0.1) is 75.5 Å². The first-order valence-electron chi connectivity index (χ1n) is 15.1. The van der Waals surface area contributed by atoms with Crippen molar-refractivity contribution >= 4 is 7.05 Å². The van der Waals surface area contributed by atoms with Crippen molar-refractivity contribution < 1.29 is 26.2 Å². The van der Waals surface area contributed by atoms with Crippen LogP contribution in [0.1, 0.15) is 116 Å². The summed E-state index contributed by atoms with van der Waals surface area (Å²) >= 11 is 0. The molecule has 12 rings (SSSR count). The summed E-state index contributed by atoms with van der Waals surface area (Å²) in [7, 11) is -2.07. The van der Waals surface area contributed by atoms with E-state index in [1.54, 1.807) is 57.8 Å². The van der Waals surface area contributed by atoms with Crippen LogP contribution < -0.4 is 0 Å². The first-order valence-corrected chi connectivity index (χ1v) is 16.8. The molecule has 200 valence electrons. The maximum absolute atomic E-state index is 14.2. The number of hydrogen-bond donors (Lipinski definition) is 0. The molecule has 12 fully saturated rings. The van der Waals surface area contributed by atoms with E-state index in [1.165, 1.54) is 57.8 Å². The average Bonchev–Trinajstić information content (AvgIpc) is 2.70. The summed E-state index contributed by atoms with van der Waals surface area (Å²) in [6.45, 7) is 0. The molecule has 12 aliphatic carbocycles. The van der Waals surface area contributed by atoms with Gasteiger partial charge in [-0.3, -0.25) is 0 Å². The summed E-state index contributed by atoms with van der Waals surface area (Å²) in [5.41, 5.74) is 0. The Balaban J connectivity index is 0.000000667. The SMILES string of the molecule is [CH3-].[CH3-].[CH3-].[N-]=P(C12CC3CC(CC(C3)C1)C2)(C12CC3CC(CC(C3)C1)C2)C12CC3CC(CC(C3)C1)C2.[Zr+4]. The molecule has 12 aliphatic rings. The molecule has 0 heterocycles. The smallest absolute Gasteiger partial charge is 0.807 e. The van der Waals surface area contributed by atoms with Gasteiger partial charge in [0.25, 0.3) is 0 Å². The van der Waals surface area contributed by atoms with Crippen molar-refractivity contribution in [2.75, 3.05) is 0 Å². The van der Waals surface area contributed by atoms with Gasteiger partial charge in [0.2, 0.25) is 0 Å². The van der Waals surface area contributed by atoms with Crippen molar-refractivity contribution in [2.24, 2.45) is 53.3 Å². The van der Waals surface area contributed by atoms with E-state index in [9.17, 15) is 5.16 Å². The quantitative estimate of drug-likeness (QED) is 0.232.